The van der Waals surface area contributed by atoms with Crippen LogP contribution >= 0.6 is 15.9 Å². The van der Waals surface area contributed by atoms with Crippen LogP contribution in [0.1, 0.15) is 64.0 Å². The first-order chi connectivity index (χ1) is 14.2. The van der Waals surface area contributed by atoms with Gasteiger partial charge in [0.1, 0.15) is 22.3 Å². The Labute approximate surface area is 187 Å². The van der Waals surface area contributed by atoms with E-state index in [1.165, 1.54) is 11.1 Å². The van der Waals surface area contributed by atoms with Gasteiger partial charge >= 0.3 is 12.1 Å². The fraction of sp³-hybridized carbons (Fsp3) is 0.652. The number of nitrogens with zero attached hydrogens (tertiary/aromatic N) is 1. The first-order valence-corrected chi connectivity index (χ1v) is 11.7. The monoisotopic (exact) mass is 481 g/mol. The van der Waals surface area contributed by atoms with E-state index in [1.807, 2.05) is 33.8 Å². The largest absolute Gasteiger partial charge is 0.489 e. The molecule has 7 heteroatoms. The second kappa shape index (κ2) is 9.58. The van der Waals surface area contributed by atoms with Crippen molar-refractivity contribution in [3.05, 3.63) is 29.3 Å². The van der Waals surface area contributed by atoms with E-state index in [2.05, 4.69) is 28.1 Å². The highest BCUT2D eigenvalue weighted by Gasteiger charge is 2.34. The minimum absolute atomic E-state index is 0.0510. The Bertz CT molecular complexity index is 775. The number of halogens is 1. The van der Waals surface area contributed by atoms with Crippen molar-refractivity contribution in [3.8, 4) is 5.75 Å². The molecular formula is C23H32BrNO5. The van der Waals surface area contributed by atoms with E-state index in [0.717, 1.165) is 31.4 Å². The summed E-state index contributed by atoms with van der Waals surface area (Å²) in [5.41, 5.74) is 1.89. The highest BCUT2D eigenvalue weighted by atomic mass is 79.9. The average molecular weight is 482 g/mol. The van der Waals surface area contributed by atoms with Crippen LogP contribution in [0.2, 0.25) is 0 Å². The Kier molecular flexibility index (Phi) is 7.32. The average Bonchev–Trinajstić information content (AvgIpc) is 3.09. The number of alkyl halides is 1. The number of carbonyl (C=O) groups excluding carboxylic acids is 2. The van der Waals surface area contributed by atoms with Crippen LogP contribution < -0.4 is 4.74 Å². The Morgan fingerprint density at radius 3 is 2.73 bits per heavy atom. The van der Waals surface area contributed by atoms with Crippen LogP contribution in [-0.2, 0) is 20.7 Å². The molecule has 1 heterocycles. The fourth-order valence-corrected chi connectivity index (χ4v) is 4.79. The molecule has 1 saturated heterocycles. The number of amides is 1. The molecule has 1 aliphatic carbocycles. The van der Waals surface area contributed by atoms with Crippen molar-refractivity contribution in [2.45, 2.75) is 75.8 Å². The van der Waals surface area contributed by atoms with Gasteiger partial charge in [-0.25, -0.2) is 4.79 Å². The Morgan fingerprint density at radius 2 is 2.03 bits per heavy atom. The quantitative estimate of drug-likeness (QED) is 0.445. The molecule has 30 heavy (non-hydrogen) atoms. The molecule has 1 aromatic carbocycles. The zero-order valence-electron chi connectivity index (χ0n) is 18.3. The third-order valence-corrected chi connectivity index (χ3v) is 6.45. The van der Waals surface area contributed by atoms with Gasteiger partial charge in [-0.2, -0.15) is 0 Å². The summed E-state index contributed by atoms with van der Waals surface area (Å²) < 4.78 is 16.9. The SMILES string of the molecule is CCOC(=O)C(Br)[C@@H]1CCc2cc(OC3CCCN(C(=O)OC(C)(C)C)C3)ccc21. The van der Waals surface area contributed by atoms with Gasteiger partial charge < -0.3 is 19.1 Å². The lowest BCUT2D eigenvalue weighted by molar-refractivity contribution is -0.142. The van der Waals surface area contributed by atoms with Crippen LogP contribution in [0.3, 0.4) is 0 Å². The number of fused-ring (bicyclic) bond motifs is 1. The molecule has 1 aromatic rings. The number of rotatable bonds is 5. The van der Waals surface area contributed by atoms with Gasteiger partial charge in [0.15, 0.2) is 0 Å². The molecule has 0 spiro atoms. The summed E-state index contributed by atoms with van der Waals surface area (Å²) in [7, 11) is 0. The number of piperidine rings is 1. The topological polar surface area (TPSA) is 65.1 Å². The van der Waals surface area contributed by atoms with Crippen LogP contribution in [0.4, 0.5) is 4.79 Å². The molecule has 1 aliphatic heterocycles. The Morgan fingerprint density at radius 1 is 1.27 bits per heavy atom. The van der Waals surface area contributed by atoms with Crippen LogP contribution in [0, 0.1) is 0 Å². The number of benzene rings is 1. The summed E-state index contributed by atoms with van der Waals surface area (Å²) in [6, 6.07) is 6.10. The van der Waals surface area contributed by atoms with Crippen LogP contribution in [0.25, 0.3) is 0 Å². The van der Waals surface area contributed by atoms with E-state index < -0.39 is 5.60 Å². The molecular weight excluding hydrogens is 450 g/mol. The van der Waals surface area contributed by atoms with Crippen molar-refractivity contribution < 1.29 is 23.8 Å². The van der Waals surface area contributed by atoms with Crippen molar-refractivity contribution in [1.82, 2.24) is 4.90 Å². The molecule has 2 aliphatic rings. The number of hydrogen-bond acceptors (Lipinski definition) is 5. The van der Waals surface area contributed by atoms with E-state index in [9.17, 15) is 9.59 Å². The van der Waals surface area contributed by atoms with Gasteiger partial charge in [0, 0.05) is 12.5 Å². The molecule has 0 aromatic heterocycles. The number of hydrogen-bond donors (Lipinski definition) is 0. The number of esters is 1. The van der Waals surface area contributed by atoms with Crippen molar-refractivity contribution in [2.75, 3.05) is 19.7 Å². The third-order valence-electron chi connectivity index (χ3n) is 5.44. The molecule has 0 saturated carbocycles. The zero-order chi connectivity index (χ0) is 21.9. The predicted octanol–water partition coefficient (Wildman–Crippen LogP) is 4.82. The summed E-state index contributed by atoms with van der Waals surface area (Å²) in [6.07, 6.45) is 3.28. The first kappa shape index (κ1) is 22.9. The zero-order valence-corrected chi connectivity index (χ0v) is 19.9. The molecule has 3 rings (SSSR count). The second-order valence-electron chi connectivity index (χ2n) is 8.97. The minimum Gasteiger partial charge on any atom is -0.489 e. The van der Waals surface area contributed by atoms with Crippen molar-refractivity contribution in [3.63, 3.8) is 0 Å². The molecule has 2 unspecified atom stereocenters. The Balaban J connectivity index is 1.62. The predicted molar refractivity (Wildman–Crippen MR) is 118 cm³/mol. The highest BCUT2D eigenvalue weighted by Crippen LogP contribution is 2.40. The van der Waals surface area contributed by atoms with Crippen LogP contribution in [0.15, 0.2) is 18.2 Å². The summed E-state index contributed by atoms with van der Waals surface area (Å²) in [6.45, 7) is 9.05. The molecule has 166 valence electrons. The van der Waals surface area contributed by atoms with E-state index in [4.69, 9.17) is 14.2 Å². The molecule has 0 N–H and O–H groups in total. The molecule has 0 radical (unpaired) electrons. The standard InChI is InChI=1S/C23H32BrNO5/c1-5-28-21(26)20(24)19-10-8-15-13-16(9-11-18(15)19)29-17-7-6-12-25(14-17)22(27)30-23(2,3)4/h9,11,13,17,19-20H,5-8,10,12,14H2,1-4H3/t17?,19-,20?/m1/s1. The van der Waals surface area contributed by atoms with Gasteiger partial charge in [0.2, 0.25) is 0 Å². The van der Waals surface area contributed by atoms with Gasteiger partial charge in [-0.1, -0.05) is 22.0 Å². The molecule has 1 amide bonds. The fourth-order valence-electron chi connectivity index (χ4n) is 4.11. The second-order valence-corrected chi connectivity index (χ2v) is 9.95. The van der Waals surface area contributed by atoms with Crippen molar-refractivity contribution in [2.24, 2.45) is 0 Å². The first-order valence-electron chi connectivity index (χ1n) is 10.8. The van der Waals surface area contributed by atoms with Gasteiger partial charge in [-0.15, -0.1) is 0 Å². The molecule has 3 atom stereocenters. The number of ether oxygens (including phenoxy) is 3. The third kappa shape index (κ3) is 5.68. The number of carbonyl (C=O) groups is 2. The summed E-state index contributed by atoms with van der Waals surface area (Å²) >= 11 is 3.52. The smallest absolute Gasteiger partial charge is 0.410 e. The maximum atomic E-state index is 12.4. The van der Waals surface area contributed by atoms with Gasteiger partial charge in [-0.05, 0) is 76.6 Å². The van der Waals surface area contributed by atoms with E-state index in [-0.39, 0.29) is 28.9 Å². The lowest BCUT2D eigenvalue weighted by atomic mass is 9.97. The summed E-state index contributed by atoms with van der Waals surface area (Å²) in [5.74, 6) is 0.721. The van der Waals surface area contributed by atoms with Crippen molar-refractivity contribution in [1.29, 1.82) is 0 Å². The molecule has 0 bridgehead atoms. The van der Waals surface area contributed by atoms with Gasteiger partial charge in [0.25, 0.3) is 0 Å². The van der Waals surface area contributed by atoms with Gasteiger partial charge in [-0.3, -0.25) is 4.79 Å². The van der Waals surface area contributed by atoms with E-state index in [0.29, 0.717) is 19.7 Å². The van der Waals surface area contributed by atoms with E-state index >= 15 is 0 Å². The van der Waals surface area contributed by atoms with Crippen molar-refractivity contribution >= 4 is 28.0 Å². The normalized spacial score (nSPS) is 22.2. The number of aryl methyl sites for hydroxylation is 1. The highest BCUT2D eigenvalue weighted by molar-refractivity contribution is 9.10. The Hall–Kier alpha value is -1.76. The number of likely N-dealkylation sites (tertiary alicyclic amines) is 1. The summed E-state index contributed by atoms with van der Waals surface area (Å²) in [4.78, 5) is 25.9. The maximum Gasteiger partial charge on any atom is 0.410 e. The lowest BCUT2D eigenvalue weighted by Gasteiger charge is -2.34. The van der Waals surface area contributed by atoms with Crippen LogP contribution in [0.5, 0.6) is 5.75 Å². The summed E-state index contributed by atoms with van der Waals surface area (Å²) in [5, 5.41) is 0. The molecule has 6 nitrogen and oxygen atoms in total. The van der Waals surface area contributed by atoms with E-state index in [1.54, 1.807) is 4.90 Å². The van der Waals surface area contributed by atoms with Crippen LogP contribution in [-0.4, -0.2) is 53.2 Å². The lowest BCUT2D eigenvalue weighted by Crippen LogP contribution is -2.46. The van der Waals surface area contributed by atoms with Gasteiger partial charge in [0.05, 0.1) is 13.2 Å². The molecule has 1 fully saturated rings. The maximum absolute atomic E-state index is 12.4. The minimum atomic E-state index is -0.502.